The predicted octanol–water partition coefficient (Wildman–Crippen LogP) is 3.12. The van der Waals surface area contributed by atoms with Crippen LogP contribution in [0.4, 0.5) is 10.1 Å². The Morgan fingerprint density at radius 2 is 2.21 bits per heavy atom. The van der Waals surface area contributed by atoms with E-state index in [0.29, 0.717) is 12.8 Å². The number of benzene rings is 1. The first-order valence-corrected chi connectivity index (χ1v) is 5.73. The average molecular weight is 267 g/mol. The van der Waals surface area contributed by atoms with Crippen molar-refractivity contribution in [3.63, 3.8) is 0 Å². The Hall–Kier alpha value is -2.24. The van der Waals surface area contributed by atoms with Gasteiger partial charge in [0, 0.05) is 6.42 Å². The minimum atomic E-state index is -0.964. The minimum Gasteiger partial charge on any atom is -0.496 e. The SMILES string of the molecule is CCCC(=O)/C=C/c1c(OC)ccc(F)c1[N+](=O)[O-]. The lowest BCUT2D eigenvalue weighted by Crippen LogP contribution is -1.99. The summed E-state index contributed by atoms with van der Waals surface area (Å²) in [6, 6.07) is 2.24. The van der Waals surface area contributed by atoms with Crippen LogP contribution in [0.2, 0.25) is 0 Å². The molecule has 0 saturated carbocycles. The van der Waals surface area contributed by atoms with Crippen LogP contribution < -0.4 is 4.74 Å². The fraction of sp³-hybridized carbons (Fsp3) is 0.308. The smallest absolute Gasteiger partial charge is 0.315 e. The lowest BCUT2D eigenvalue weighted by Gasteiger charge is -2.05. The maximum atomic E-state index is 13.5. The third kappa shape index (κ3) is 3.61. The van der Waals surface area contributed by atoms with Crippen LogP contribution in [0.15, 0.2) is 18.2 Å². The van der Waals surface area contributed by atoms with Gasteiger partial charge in [-0.1, -0.05) is 6.92 Å². The number of rotatable bonds is 6. The van der Waals surface area contributed by atoms with Crippen molar-refractivity contribution < 1.29 is 18.8 Å². The molecule has 0 N–H and O–H groups in total. The second kappa shape index (κ2) is 6.63. The molecule has 19 heavy (non-hydrogen) atoms. The van der Waals surface area contributed by atoms with Gasteiger partial charge in [-0.05, 0) is 30.7 Å². The lowest BCUT2D eigenvalue weighted by atomic mass is 10.1. The van der Waals surface area contributed by atoms with Crippen molar-refractivity contribution in [2.45, 2.75) is 19.8 Å². The number of carbonyl (C=O) groups is 1. The highest BCUT2D eigenvalue weighted by atomic mass is 19.1. The molecule has 0 radical (unpaired) electrons. The van der Waals surface area contributed by atoms with Gasteiger partial charge in [-0.2, -0.15) is 4.39 Å². The second-order valence-electron chi connectivity index (χ2n) is 3.82. The molecule has 1 aromatic rings. The minimum absolute atomic E-state index is 0.0445. The zero-order chi connectivity index (χ0) is 14.4. The number of nitro benzene ring substituents is 1. The molecule has 0 aromatic heterocycles. The van der Waals surface area contributed by atoms with Gasteiger partial charge in [-0.15, -0.1) is 0 Å². The molecule has 102 valence electrons. The topological polar surface area (TPSA) is 69.4 Å². The predicted molar refractivity (Wildman–Crippen MR) is 68.6 cm³/mol. The van der Waals surface area contributed by atoms with Crippen LogP contribution in [0.1, 0.15) is 25.3 Å². The molecule has 0 unspecified atom stereocenters. The number of ether oxygens (including phenoxy) is 1. The number of carbonyl (C=O) groups excluding carboxylic acids is 1. The summed E-state index contributed by atoms with van der Waals surface area (Å²) in [4.78, 5) is 21.4. The summed E-state index contributed by atoms with van der Waals surface area (Å²) in [6.45, 7) is 1.84. The Labute approximate surface area is 109 Å². The number of hydrogen-bond acceptors (Lipinski definition) is 4. The molecule has 0 saturated heterocycles. The van der Waals surface area contributed by atoms with Crippen molar-refractivity contribution in [2.24, 2.45) is 0 Å². The number of ketones is 1. The maximum absolute atomic E-state index is 13.5. The van der Waals surface area contributed by atoms with Gasteiger partial charge in [0.25, 0.3) is 0 Å². The van der Waals surface area contributed by atoms with Crippen LogP contribution in [0.25, 0.3) is 6.08 Å². The Kier molecular flexibility index (Phi) is 5.17. The van der Waals surface area contributed by atoms with E-state index in [1.165, 1.54) is 25.3 Å². The van der Waals surface area contributed by atoms with Crippen LogP contribution in [0.3, 0.4) is 0 Å². The molecular weight excluding hydrogens is 253 g/mol. The number of allylic oxidation sites excluding steroid dienone is 1. The summed E-state index contributed by atoms with van der Waals surface area (Å²) < 4.78 is 18.4. The lowest BCUT2D eigenvalue weighted by molar-refractivity contribution is -0.387. The molecule has 1 rings (SSSR count). The van der Waals surface area contributed by atoms with Crippen molar-refractivity contribution in [3.05, 3.63) is 39.7 Å². The highest BCUT2D eigenvalue weighted by molar-refractivity contribution is 5.94. The molecule has 0 spiro atoms. The largest absolute Gasteiger partial charge is 0.496 e. The van der Waals surface area contributed by atoms with E-state index in [1.54, 1.807) is 0 Å². The van der Waals surface area contributed by atoms with E-state index in [2.05, 4.69) is 0 Å². The molecule has 0 heterocycles. The zero-order valence-electron chi connectivity index (χ0n) is 10.7. The summed E-state index contributed by atoms with van der Waals surface area (Å²) in [5, 5.41) is 10.9. The molecule has 0 atom stereocenters. The Bertz CT molecular complexity index is 526. The molecule has 0 bridgehead atoms. The highest BCUT2D eigenvalue weighted by Gasteiger charge is 2.22. The van der Waals surface area contributed by atoms with E-state index in [1.807, 2.05) is 6.92 Å². The van der Waals surface area contributed by atoms with Gasteiger partial charge in [0.15, 0.2) is 5.78 Å². The van der Waals surface area contributed by atoms with E-state index in [4.69, 9.17) is 4.74 Å². The van der Waals surface area contributed by atoms with Gasteiger partial charge in [0.2, 0.25) is 5.82 Å². The van der Waals surface area contributed by atoms with Crippen LogP contribution >= 0.6 is 0 Å². The third-order valence-electron chi connectivity index (χ3n) is 2.46. The monoisotopic (exact) mass is 267 g/mol. The van der Waals surface area contributed by atoms with Crippen molar-refractivity contribution >= 4 is 17.5 Å². The first-order chi connectivity index (χ1) is 9.01. The molecule has 6 heteroatoms. The van der Waals surface area contributed by atoms with Gasteiger partial charge in [-0.25, -0.2) is 0 Å². The van der Waals surface area contributed by atoms with E-state index in [0.717, 1.165) is 6.07 Å². The van der Waals surface area contributed by atoms with Crippen LogP contribution in [0, 0.1) is 15.9 Å². The molecule has 0 fully saturated rings. The number of nitro groups is 1. The van der Waals surface area contributed by atoms with Gasteiger partial charge in [0.1, 0.15) is 5.75 Å². The Morgan fingerprint density at radius 1 is 1.53 bits per heavy atom. The van der Waals surface area contributed by atoms with Crippen molar-refractivity contribution in [1.29, 1.82) is 0 Å². The maximum Gasteiger partial charge on any atom is 0.315 e. The quantitative estimate of drug-likeness (QED) is 0.451. The van der Waals surface area contributed by atoms with Crippen molar-refractivity contribution in [3.8, 4) is 5.75 Å². The van der Waals surface area contributed by atoms with Crippen LogP contribution in [0.5, 0.6) is 5.75 Å². The third-order valence-corrected chi connectivity index (χ3v) is 2.46. The summed E-state index contributed by atoms with van der Waals surface area (Å²) in [5.74, 6) is -0.995. The molecule has 0 aliphatic rings. The van der Waals surface area contributed by atoms with Gasteiger partial charge < -0.3 is 4.74 Å². The molecule has 0 amide bonds. The zero-order valence-corrected chi connectivity index (χ0v) is 10.7. The Balaban J connectivity index is 3.26. The first-order valence-electron chi connectivity index (χ1n) is 5.73. The number of methoxy groups -OCH3 is 1. The molecule has 1 aromatic carbocycles. The number of hydrogen-bond donors (Lipinski definition) is 0. The highest BCUT2D eigenvalue weighted by Crippen LogP contribution is 2.32. The fourth-order valence-electron chi connectivity index (χ4n) is 1.59. The van der Waals surface area contributed by atoms with E-state index >= 15 is 0 Å². The fourth-order valence-corrected chi connectivity index (χ4v) is 1.59. The van der Waals surface area contributed by atoms with Gasteiger partial charge in [-0.3, -0.25) is 14.9 Å². The Morgan fingerprint density at radius 3 is 2.74 bits per heavy atom. The normalized spacial score (nSPS) is 10.7. The first kappa shape index (κ1) is 14.8. The van der Waals surface area contributed by atoms with Gasteiger partial charge >= 0.3 is 5.69 Å². The van der Waals surface area contributed by atoms with E-state index in [9.17, 15) is 19.3 Å². The molecule has 0 aliphatic carbocycles. The van der Waals surface area contributed by atoms with E-state index in [-0.39, 0.29) is 17.1 Å². The van der Waals surface area contributed by atoms with Crippen molar-refractivity contribution in [2.75, 3.05) is 7.11 Å². The summed E-state index contributed by atoms with van der Waals surface area (Å²) >= 11 is 0. The second-order valence-corrected chi connectivity index (χ2v) is 3.82. The van der Waals surface area contributed by atoms with Crippen LogP contribution in [-0.2, 0) is 4.79 Å². The molecular formula is C13H14FNO4. The van der Waals surface area contributed by atoms with Gasteiger partial charge in [0.05, 0.1) is 17.6 Å². The van der Waals surface area contributed by atoms with E-state index < -0.39 is 16.4 Å². The molecule has 0 aliphatic heterocycles. The standard InChI is InChI=1S/C13H14FNO4/c1-3-4-9(16)5-6-10-12(19-2)8-7-11(14)13(10)15(17)18/h5-8H,3-4H2,1-2H3/b6-5+. The summed E-state index contributed by atoms with van der Waals surface area (Å²) in [5.41, 5.74) is -0.739. The average Bonchev–Trinajstić information content (AvgIpc) is 2.36. The number of nitrogens with zero attached hydrogens (tertiary/aromatic N) is 1. The number of halogens is 1. The van der Waals surface area contributed by atoms with Crippen LogP contribution in [-0.4, -0.2) is 17.8 Å². The summed E-state index contributed by atoms with van der Waals surface area (Å²) in [7, 11) is 1.32. The summed E-state index contributed by atoms with van der Waals surface area (Å²) in [6.07, 6.45) is 3.43. The van der Waals surface area contributed by atoms with Crippen molar-refractivity contribution in [1.82, 2.24) is 0 Å². The molecule has 5 nitrogen and oxygen atoms in total.